The minimum Gasteiger partial charge on any atom is -0.494 e. The van der Waals surface area contributed by atoms with Gasteiger partial charge in [0, 0.05) is 32.0 Å². The Labute approximate surface area is 202 Å². The molecule has 0 bridgehead atoms. The van der Waals surface area contributed by atoms with Crippen molar-refractivity contribution in [1.82, 2.24) is 14.5 Å². The van der Waals surface area contributed by atoms with Gasteiger partial charge in [0.1, 0.15) is 11.6 Å². The van der Waals surface area contributed by atoms with E-state index < -0.39 is 0 Å². The van der Waals surface area contributed by atoms with E-state index in [4.69, 9.17) is 9.72 Å². The van der Waals surface area contributed by atoms with Crippen LogP contribution in [-0.4, -0.2) is 40.1 Å². The van der Waals surface area contributed by atoms with Gasteiger partial charge < -0.3 is 14.2 Å². The zero-order valence-corrected chi connectivity index (χ0v) is 20.4. The van der Waals surface area contributed by atoms with Crippen molar-refractivity contribution in [3.63, 3.8) is 0 Å². The van der Waals surface area contributed by atoms with Crippen molar-refractivity contribution in [1.29, 1.82) is 0 Å². The highest BCUT2D eigenvalue weighted by molar-refractivity contribution is 5.85. The zero-order chi connectivity index (χ0) is 22.5. The summed E-state index contributed by atoms with van der Waals surface area (Å²) in [5, 5.41) is 0. The summed E-state index contributed by atoms with van der Waals surface area (Å²) in [5.74, 6) is 2.78. The summed E-state index contributed by atoms with van der Waals surface area (Å²) in [6.45, 7) is 11.0. The van der Waals surface area contributed by atoms with E-state index in [1.165, 1.54) is 5.56 Å². The van der Waals surface area contributed by atoms with E-state index in [1.54, 1.807) is 6.08 Å². The maximum atomic E-state index is 12.4. The second kappa shape index (κ2) is 11.4. The third-order valence-electron chi connectivity index (χ3n) is 6.47. The molecule has 1 fully saturated rings. The molecule has 6 heteroatoms. The van der Waals surface area contributed by atoms with Crippen LogP contribution in [0, 0.1) is 0 Å². The molecule has 2 unspecified atom stereocenters. The lowest BCUT2D eigenvalue weighted by molar-refractivity contribution is -0.127. The standard InChI is InChI=1S/C27H33N3O2.ClH/c1-4-15-29-19-22(18-26(29)31)27-28-24-9-6-7-10-25(24)30(27)16-8-17-32-23-13-11-21(12-14-23)20(3)5-2;/h4,6-7,9-14,20,22H,1,5,8,15-19H2,2-3H3;1H. The first kappa shape index (κ1) is 24.8. The predicted octanol–water partition coefficient (Wildman–Crippen LogP) is 5.94. The van der Waals surface area contributed by atoms with Gasteiger partial charge in [0.2, 0.25) is 5.91 Å². The highest BCUT2D eigenvalue weighted by Crippen LogP contribution is 2.30. The molecule has 1 amide bonds. The predicted molar refractivity (Wildman–Crippen MR) is 136 cm³/mol. The lowest BCUT2D eigenvalue weighted by atomic mass is 9.99. The van der Waals surface area contributed by atoms with Crippen LogP contribution < -0.4 is 4.74 Å². The van der Waals surface area contributed by atoms with Crippen molar-refractivity contribution in [2.24, 2.45) is 0 Å². The number of aromatic nitrogens is 2. The number of ether oxygens (including phenoxy) is 1. The van der Waals surface area contributed by atoms with Crippen LogP contribution in [0.1, 0.15) is 56.3 Å². The molecule has 0 N–H and O–H groups in total. The Kier molecular flexibility index (Phi) is 8.56. The highest BCUT2D eigenvalue weighted by atomic mass is 35.5. The van der Waals surface area contributed by atoms with Crippen molar-refractivity contribution in [2.45, 2.75) is 51.5 Å². The molecule has 5 nitrogen and oxygen atoms in total. The van der Waals surface area contributed by atoms with E-state index in [2.05, 4.69) is 55.3 Å². The Morgan fingerprint density at radius 3 is 2.70 bits per heavy atom. The maximum absolute atomic E-state index is 12.4. The van der Waals surface area contributed by atoms with Crippen LogP contribution in [0.15, 0.2) is 61.2 Å². The van der Waals surface area contributed by atoms with Gasteiger partial charge in [-0.2, -0.15) is 0 Å². The summed E-state index contributed by atoms with van der Waals surface area (Å²) in [4.78, 5) is 19.2. The fourth-order valence-electron chi connectivity index (χ4n) is 4.46. The average Bonchev–Trinajstić information content (AvgIpc) is 3.37. The van der Waals surface area contributed by atoms with Crippen molar-refractivity contribution in [2.75, 3.05) is 19.7 Å². The van der Waals surface area contributed by atoms with Crippen LogP contribution in [0.3, 0.4) is 0 Å². The molecular formula is C27H34ClN3O2. The number of fused-ring (bicyclic) bond motifs is 1. The molecule has 0 radical (unpaired) electrons. The summed E-state index contributed by atoms with van der Waals surface area (Å²) in [7, 11) is 0. The first-order valence-corrected chi connectivity index (χ1v) is 11.7. The number of nitrogens with zero attached hydrogens (tertiary/aromatic N) is 3. The number of amides is 1. The molecule has 2 aromatic carbocycles. The molecule has 1 aliphatic heterocycles. The highest BCUT2D eigenvalue weighted by Gasteiger charge is 2.33. The minimum atomic E-state index is 0. The topological polar surface area (TPSA) is 47.4 Å². The second-order valence-electron chi connectivity index (χ2n) is 8.68. The maximum Gasteiger partial charge on any atom is 0.223 e. The number of hydrogen-bond acceptors (Lipinski definition) is 3. The van der Waals surface area contributed by atoms with Crippen molar-refractivity contribution < 1.29 is 9.53 Å². The molecule has 1 aliphatic rings. The van der Waals surface area contributed by atoms with E-state index in [9.17, 15) is 4.79 Å². The number of carbonyl (C=O) groups is 1. The fraction of sp³-hybridized carbons (Fsp3) is 0.407. The molecule has 176 valence electrons. The van der Waals surface area contributed by atoms with Crippen LogP contribution in [0.4, 0.5) is 0 Å². The smallest absolute Gasteiger partial charge is 0.223 e. The molecule has 1 aromatic heterocycles. The largest absolute Gasteiger partial charge is 0.494 e. The third-order valence-corrected chi connectivity index (χ3v) is 6.47. The van der Waals surface area contributed by atoms with Gasteiger partial charge in [0.15, 0.2) is 0 Å². The third kappa shape index (κ3) is 5.59. The summed E-state index contributed by atoms with van der Waals surface area (Å²) in [6, 6.07) is 16.7. The Morgan fingerprint density at radius 1 is 1.21 bits per heavy atom. The number of imidazole rings is 1. The zero-order valence-electron chi connectivity index (χ0n) is 19.6. The van der Waals surface area contributed by atoms with Crippen molar-refractivity contribution in [3.8, 4) is 5.75 Å². The number of rotatable bonds is 10. The number of halogens is 1. The summed E-state index contributed by atoms with van der Waals surface area (Å²) in [6.07, 6.45) is 4.31. The van der Waals surface area contributed by atoms with Gasteiger partial charge in [-0.1, -0.05) is 44.2 Å². The molecule has 2 heterocycles. The lowest BCUT2D eigenvalue weighted by Crippen LogP contribution is -2.25. The summed E-state index contributed by atoms with van der Waals surface area (Å²) in [5.41, 5.74) is 3.46. The normalized spacial score (nSPS) is 16.6. The van der Waals surface area contributed by atoms with Gasteiger partial charge >= 0.3 is 0 Å². The molecule has 4 rings (SSSR count). The molecule has 0 spiro atoms. The van der Waals surface area contributed by atoms with Gasteiger partial charge in [-0.3, -0.25) is 4.79 Å². The van der Waals surface area contributed by atoms with E-state index in [1.807, 2.05) is 23.1 Å². The van der Waals surface area contributed by atoms with Crippen LogP contribution >= 0.6 is 12.4 Å². The van der Waals surface area contributed by atoms with Crippen LogP contribution in [0.25, 0.3) is 11.0 Å². The first-order valence-electron chi connectivity index (χ1n) is 11.7. The van der Waals surface area contributed by atoms with Crippen molar-refractivity contribution in [3.05, 3.63) is 72.6 Å². The summed E-state index contributed by atoms with van der Waals surface area (Å²) >= 11 is 0. The number of para-hydroxylation sites is 2. The molecule has 1 saturated heterocycles. The van der Waals surface area contributed by atoms with Crippen LogP contribution in [0.5, 0.6) is 5.75 Å². The number of aryl methyl sites for hydroxylation is 1. The average molecular weight is 468 g/mol. The van der Waals surface area contributed by atoms with E-state index in [0.717, 1.165) is 42.0 Å². The van der Waals surface area contributed by atoms with Gasteiger partial charge in [-0.25, -0.2) is 4.98 Å². The Balaban J connectivity index is 0.00000306. The van der Waals surface area contributed by atoms with Crippen LogP contribution in [-0.2, 0) is 11.3 Å². The lowest BCUT2D eigenvalue weighted by Gasteiger charge is -2.16. The number of carbonyl (C=O) groups excluding carboxylic acids is 1. The molecule has 0 saturated carbocycles. The molecule has 2 atom stereocenters. The van der Waals surface area contributed by atoms with Crippen molar-refractivity contribution >= 4 is 29.3 Å². The fourth-order valence-corrected chi connectivity index (χ4v) is 4.46. The van der Waals surface area contributed by atoms with E-state index >= 15 is 0 Å². The second-order valence-corrected chi connectivity index (χ2v) is 8.68. The molecule has 33 heavy (non-hydrogen) atoms. The minimum absolute atomic E-state index is 0. The molecule has 3 aromatic rings. The number of hydrogen-bond donors (Lipinski definition) is 0. The van der Waals surface area contributed by atoms with Gasteiger partial charge in [-0.05, 0) is 48.6 Å². The Hall–Kier alpha value is -2.79. The van der Waals surface area contributed by atoms with E-state index in [0.29, 0.717) is 32.0 Å². The monoisotopic (exact) mass is 467 g/mol. The number of benzene rings is 2. The number of likely N-dealkylation sites (tertiary alicyclic amines) is 1. The SMILES string of the molecule is C=CCN1CC(c2nc3ccccc3n2CCCOc2ccc(C(C)CC)cc2)CC1=O.Cl. The van der Waals surface area contributed by atoms with Crippen LogP contribution in [0.2, 0.25) is 0 Å². The van der Waals surface area contributed by atoms with Gasteiger partial charge in [0.05, 0.1) is 17.6 Å². The quantitative estimate of drug-likeness (QED) is 0.273. The van der Waals surface area contributed by atoms with E-state index in [-0.39, 0.29) is 24.2 Å². The Bertz CT molecular complexity index is 1080. The Morgan fingerprint density at radius 2 is 1.97 bits per heavy atom. The molecular weight excluding hydrogens is 434 g/mol. The molecule has 0 aliphatic carbocycles. The first-order chi connectivity index (χ1) is 15.6. The van der Waals surface area contributed by atoms with Gasteiger partial charge in [0.25, 0.3) is 0 Å². The van der Waals surface area contributed by atoms with Gasteiger partial charge in [-0.15, -0.1) is 19.0 Å². The summed E-state index contributed by atoms with van der Waals surface area (Å²) < 4.78 is 8.29.